The van der Waals surface area contributed by atoms with E-state index >= 15 is 0 Å². The molecule has 0 aliphatic carbocycles. The number of carbonyl (C=O) groups is 1. The molecule has 1 aromatic rings. The molecule has 0 aromatic carbocycles. The van der Waals surface area contributed by atoms with Crippen LogP contribution in [0.15, 0.2) is 23.1 Å². The Morgan fingerprint density at radius 3 is 2.89 bits per heavy atom. The molecule has 1 aromatic heterocycles. The molecule has 0 bridgehead atoms. The van der Waals surface area contributed by atoms with Crippen LogP contribution in [-0.4, -0.2) is 42.2 Å². The van der Waals surface area contributed by atoms with Gasteiger partial charge in [-0.1, -0.05) is 0 Å². The second-order valence-corrected chi connectivity index (χ2v) is 3.94. The maximum Gasteiger partial charge on any atom is 0.251 e. The second-order valence-electron chi connectivity index (χ2n) is 3.94. The molecule has 0 saturated carbocycles. The molecule has 1 heterocycles. The Morgan fingerprint density at radius 2 is 2.22 bits per heavy atom. The molecule has 18 heavy (non-hydrogen) atoms. The lowest BCUT2D eigenvalue weighted by Gasteiger charge is -2.17. The fourth-order valence-corrected chi connectivity index (χ4v) is 1.41. The molecular weight excluding hydrogens is 234 g/mol. The van der Waals surface area contributed by atoms with E-state index in [1.165, 1.54) is 27.8 Å². The lowest BCUT2D eigenvalue weighted by atomic mass is 10.4. The highest BCUT2D eigenvalue weighted by Gasteiger charge is 2.10. The van der Waals surface area contributed by atoms with Crippen LogP contribution in [0.1, 0.15) is 6.92 Å². The Hall–Kier alpha value is -1.82. The number of nitrogen functional groups attached to an aromatic ring is 1. The topological polar surface area (TPSA) is 77.6 Å². The van der Waals surface area contributed by atoms with Crippen molar-refractivity contribution in [1.29, 1.82) is 0 Å². The number of ether oxygens (including phenoxy) is 1. The molecule has 6 heteroatoms. The molecule has 0 saturated heterocycles. The van der Waals surface area contributed by atoms with Crippen LogP contribution in [0.4, 0.5) is 5.69 Å². The SMILES string of the molecule is CCOCCN(C)C(=O)Cn1cc(N)ccc1=O. The van der Waals surface area contributed by atoms with Crippen molar-refractivity contribution in [3.63, 3.8) is 0 Å². The lowest BCUT2D eigenvalue weighted by molar-refractivity contribution is -0.131. The number of carbonyl (C=O) groups excluding carboxylic acids is 1. The molecule has 1 rings (SSSR count). The first-order valence-electron chi connectivity index (χ1n) is 5.82. The first kappa shape index (κ1) is 14.2. The summed E-state index contributed by atoms with van der Waals surface area (Å²) >= 11 is 0. The van der Waals surface area contributed by atoms with Gasteiger partial charge in [0.15, 0.2) is 0 Å². The molecule has 1 amide bonds. The number of aromatic nitrogens is 1. The van der Waals surface area contributed by atoms with Crippen LogP contribution in [0.3, 0.4) is 0 Å². The Bertz CT molecular complexity index is 456. The summed E-state index contributed by atoms with van der Waals surface area (Å²) in [7, 11) is 1.68. The molecular formula is C12H19N3O3. The van der Waals surface area contributed by atoms with Crippen molar-refractivity contribution < 1.29 is 9.53 Å². The second kappa shape index (κ2) is 6.80. The minimum atomic E-state index is -0.240. The molecule has 0 radical (unpaired) electrons. The molecule has 0 spiro atoms. The van der Waals surface area contributed by atoms with E-state index in [1.807, 2.05) is 6.92 Å². The fourth-order valence-electron chi connectivity index (χ4n) is 1.41. The number of hydrogen-bond acceptors (Lipinski definition) is 4. The Morgan fingerprint density at radius 1 is 1.50 bits per heavy atom. The molecule has 100 valence electrons. The van der Waals surface area contributed by atoms with Gasteiger partial charge in [-0.05, 0) is 13.0 Å². The zero-order valence-electron chi connectivity index (χ0n) is 10.8. The predicted molar refractivity (Wildman–Crippen MR) is 69.2 cm³/mol. The number of hydrogen-bond donors (Lipinski definition) is 1. The van der Waals surface area contributed by atoms with Gasteiger partial charge in [0.1, 0.15) is 6.54 Å². The van der Waals surface area contributed by atoms with E-state index in [1.54, 1.807) is 7.05 Å². The number of rotatable bonds is 6. The minimum absolute atomic E-state index is 0.00744. The fraction of sp³-hybridized carbons (Fsp3) is 0.500. The van der Waals surface area contributed by atoms with Crippen LogP contribution < -0.4 is 11.3 Å². The van der Waals surface area contributed by atoms with E-state index in [9.17, 15) is 9.59 Å². The number of likely N-dealkylation sites (N-methyl/N-ethyl adjacent to an activating group) is 1. The quantitative estimate of drug-likeness (QED) is 0.720. The van der Waals surface area contributed by atoms with Crippen LogP contribution in [0, 0.1) is 0 Å². The average molecular weight is 253 g/mol. The van der Waals surface area contributed by atoms with E-state index in [0.29, 0.717) is 25.4 Å². The van der Waals surface area contributed by atoms with Gasteiger partial charge in [0, 0.05) is 38.1 Å². The standard InChI is InChI=1S/C12H19N3O3/c1-3-18-7-6-14(2)12(17)9-15-8-10(13)4-5-11(15)16/h4-5,8H,3,6-7,9,13H2,1-2H3. The van der Waals surface area contributed by atoms with Crippen LogP contribution in [0.5, 0.6) is 0 Å². The highest BCUT2D eigenvalue weighted by molar-refractivity contribution is 5.75. The predicted octanol–water partition coefficient (Wildman–Crippen LogP) is -0.0746. The van der Waals surface area contributed by atoms with Crippen LogP contribution in [0.2, 0.25) is 0 Å². The summed E-state index contributed by atoms with van der Waals surface area (Å²) in [6, 6.07) is 2.87. The van der Waals surface area contributed by atoms with Crippen molar-refractivity contribution in [2.45, 2.75) is 13.5 Å². The van der Waals surface area contributed by atoms with Crippen molar-refractivity contribution in [2.75, 3.05) is 32.5 Å². The van der Waals surface area contributed by atoms with E-state index in [-0.39, 0.29) is 18.0 Å². The molecule has 0 unspecified atom stereocenters. The van der Waals surface area contributed by atoms with E-state index < -0.39 is 0 Å². The molecule has 0 aliphatic heterocycles. The van der Waals surface area contributed by atoms with E-state index in [4.69, 9.17) is 10.5 Å². The van der Waals surface area contributed by atoms with Gasteiger partial charge >= 0.3 is 0 Å². The van der Waals surface area contributed by atoms with E-state index in [0.717, 1.165) is 0 Å². The van der Waals surface area contributed by atoms with Gasteiger partial charge in [-0.25, -0.2) is 0 Å². The number of anilines is 1. The normalized spacial score (nSPS) is 10.3. The van der Waals surface area contributed by atoms with Gasteiger partial charge < -0.3 is 19.9 Å². The van der Waals surface area contributed by atoms with Crippen molar-refractivity contribution in [3.05, 3.63) is 28.7 Å². The van der Waals surface area contributed by atoms with Crippen molar-refractivity contribution in [1.82, 2.24) is 9.47 Å². The van der Waals surface area contributed by atoms with Gasteiger partial charge in [0.05, 0.1) is 6.61 Å². The van der Waals surface area contributed by atoms with Crippen LogP contribution in [0.25, 0.3) is 0 Å². The first-order chi connectivity index (χ1) is 8.54. The third-order valence-corrected chi connectivity index (χ3v) is 2.51. The molecule has 6 nitrogen and oxygen atoms in total. The summed E-state index contributed by atoms with van der Waals surface area (Å²) in [5.74, 6) is -0.151. The summed E-state index contributed by atoms with van der Waals surface area (Å²) in [5.41, 5.74) is 5.79. The van der Waals surface area contributed by atoms with Crippen LogP contribution in [-0.2, 0) is 16.1 Å². The van der Waals surface area contributed by atoms with Crippen molar-refractivity contribution in [3.8, 4) is 0 Å². The maximum atomic E-state index is 11.8. The van der Waals surface area contributed by atoms with Crippen molar-refractivity contribution in [2.24, 2.45) is 0 Å². The van der Waals surface area contributed by atoms with Gasteiger partial charge in [-0.3, -0.25) is 9.59 Å². The zero-order valence-corrected chi connectivity index (χ0v) is 10.8. The Kier molecular flexibility index (Phi) is 5.38. The third-order valence-electron chi connectivity index (χ3n) is 2.51. The van der Waals surface area contributed by atoms with Gasteiger partial charge in [0.25, 0.3) is 5.56 Å². The zero-order chi connectivity index (χ0) is 13.5. The average Bonchev–Trinajstić information content (AvgIpc) is 2.34. The van der Waals surface area contributed by atoms with Crippen molar-refractivity contribution >= 4 is 11.6 Å². The Balaban J connectivity index is 2.58. The summed E-state index contributed by atoms with van der Waals surface area (Å²) < 4.78 is 6.47. The Labute approximate surface area is 106 Å². The molecule has 2 N–H and O–H groups in total. The summed E-state index contributed by atoms with van der Waals surface area (Å²) in [6.07, 6.45) is 1.47. The number of nitrogens with zero attached hydrogens (tertiary/aromatic N) is 2. The summed E-state index contributed by atoms with van der Waals surface area (Å²) in [4.78, 5) is 24.9. The highest BCUT2D eigenvalue weighted by atomic mass is 16.5. The smallest absolute Gasteiger partial charge is 0.251 e. The molecule has 0 fully saturated rings. The first-order valence-corrected chi connectivity index (χ1v) is 5.82. The highest BCUT2D eigenvalue weighted by Crippen LogP contribution is 1.97. The maximum absolute atomic E-state index is 11.8. The van der Waals surface area contributed by atoms with Gasteiger partial charge in [0.2, 0.25) is 5.91 Å². The minimum Gasteiger partial charge on any atom is -0.398 e. The largest absolute Gasteiger partial charge is 0.398 e. The van der Waals surface area contributed by atoms with Gasteiger partial charge in [-0.15, -0.1) is 0 Å². The molecule has 0 atom stereocenters. The van der Waals surface area contributed by atoms with Crippen LogP contribution >= 0.6 is 0 Å². The number of amides is 1. The molecule has 0 aliphatic rings. The monoisotopic (exact) mass is 253 g/mol. The third kappa shape index (κ3) is 4.21. The van der Waals surface area contributed by atoms with E-state index in [2.05, 4.69) is 0 Å². The van der Waals surface area contributed by atoms with Gasteiger partial charge in [-0.2, -0.15) is 0 Å². The summed E-state index contributed by atoms with van der Waals surface area (Å²) in [5, 5.41) is 0. The number of pyridine rings is 1. The lowest BCUT2D eigenvalue weighted by Crippen LogP contribution is -2.35. The summed E-state index contributed by atoms with van der Waals surface area (Å²) in [6.45, 7) is 3.51. The number of nitrogens with two attached hydrogens (primary N) is 1.